The highest BCUT2D eigenvalue weighted by Gasteiger charge is 2.19. The number of ether oxygens (including phenoxy) is 1. The third-order valence-electron chi connectivity index (χ3n) is 1.32. The van der Waals surface area contributed by atoms with E-state index in [9.17, 15) is 9.36 Å². The Balaban J connectivity index is 4.16. The van der Waals surface area contributed by atoms with Gasteiger partial charge >= 0.3 is 13.8 Å². The van der Waals surface area contributed by atoms with Gasteiger partial charge in [-0.15, -0.1) is 0 Å². The van der Waals surface area contributed by atoms with Crippen molar-refractivity contribution in [2.75, 3.05) is 13.2 Å². The molecule has 16 heavy (non-hydrogen) atoms. The van der Waals surface area contributed by atoms with Crippen molar-refractivity contribution < 1.29 is 33.5 Å². The van der Waals surface area contributed by atoms with Crippen molar-refractivity contribution in [3.63, 3.8) is 0 Å². The number of hydrogen-bond acceptors (Lipinski definition) is 5. The molecule has 0 aromatic rings. The Kier molecular flexibility index (Phi) is 6.47. The van der Waals surface area contributed by atoms with Crippen LogP contribution >= 0.6 is 7.82 Å². The fourth-order valence-corrected chi connectivity index (χ4v) is 1.10. The highest BCUT2D eigenvalue weighted by Crippen LogP contribution is 2.35. The number of aliphatic hydroxyl groups is 1. The van der Waals surface area contributed by atoms with Gasteiger partial charge in [0.2, 0.25) is 0 Å². The number of rotatable bonds is 6. The molecule has 0 heterocycles. The van der Waals surface area contributed by atoms with Crippen molar-refractivity contribution in [1.29, 1.82) is 0 Å². The second kappa shape index (κ2) is 6.78. The van der Waals surface area contributed by atoms with E-state index < -0.39 is 33.1 Å². The zero-order valence-electron chi connectivity index (χ0n) is 8.99. The van der Waals surface area contributed by atoms with Gasteiger partial charge in [-0.05, 0) is 13.8 Å². The molecule has 94 valence electrons. The molecule has 0 amide bonds. The maximum Gasteiger partial charge on any atom is 0.469 e. The Morgan fingerprint density at radius 1 is 1.44 bits per heavy atom. The zero-order chi connectivity index (χ0) is 12.8. The molecule has 0 aromatic heterocycles. The van der Waals surface area contributed by atoms with Crippen LogP contribution in [0.2, 0.25) is 0 Å². The van der Waals surface area contributed by atoms with Crippen LogP contribution in [0.25, 0.3) is 0 Å². The lowest BCUT2D eigenvalue weighted by atomic mass is 10.3. The lowest BCUT2D eigenvalue weighted by Crippen LogP contribution is -2.26. The second-order valence-corrected chi connectivity index (χ2v) is 4.49. The summed E-state index contributed by atoms with van der Waals surface area (Å²) in [6.07, 6.45) is 0.0934. The lowest BCUT2D eigenvalue weighted by Gasteiger charge is -2.14. The molecular formula is C8H15O7P. The van der Waals surface area contributed by atoms with Crippen LogP contribution < -0.4 is 0 Å². The molecule has 1 unspecified atom stereocenters. The third-order valence-corrected chi connectivity index (χ3v) is 1.81. The lowest BCUT2D eigenvalue weighted by molar-refractivity contribution is -0.147. The summed E-state index contributed by atoms with van der Waals surface area (Å²) in [6.45, 7) is 2.22. The first kappa shape index (κ1) is 15.3. The smallest absolute Gasteiger partial charge is 0.454 e. The van der Waals surface area contributed by atoms with Crippen LogP contribution in [0.3, 0.4) is 0 Å². The standard InChI is InChI=1S/C8H15O7P/c1-6(2)3-8(10)15-7(4-9)5-14-16(11,12)13/h3,7,9H,4-5H2,1-2H3,(H2,11,12,13). The van der Waals surface area contributed by atoms with Gasteiger partial charge in [-0.1, -0.05) is 5.57 Å². The summed E-state index contributed by atoms with van der Waals surface area (Å²) in [6, 6.07) is 0. The molecule has 3 N–H and O–H groups in total. The number of phosphoric acid groups is 1. The summed E-state index contributed by atoms with van der Waals surface area (Å²) in [5, 5.41) is 8.78. The maximum atomic E-state index is 11.1. The summed E-state index contributed by atoms with van der Waals surface area (Å²) in [7, 11) is -4.62. The van der Waals surface area contributed by atoms with Gasteiger partial charge in [-0.3, -0.25) is 4.52 Å². The molecule has 0 rings (SSSR count). The highest BCUT2D eigenvalue weighted by molar-refractivity contribution is 7.46. The van der Waals surface area contributed by atoms with Gasteiger partial charge in [0.05, 0.1) is 13.2 Å². The third kappa shape index (κ3) is 8.58. The predicted octanol–water partition coefficient (Wildman–Crippen LogP) is -0.0340. The van der Waals surface area contributed by atoms with Crippen LogP contribution in [0.5, 0.6) is 0 Å². The summed E-state index contributed by atoms with van der Waals surface area (Å²) in [5.41, 5.74) is 0.706. The monoisotopic (exact) mass is 254 g/mol. The van der Waals surface area contributed by atoms with Crippen molar-refractivity contribution in [3.05, 3.63) is 11.6 Å². The molecule has 0 bridgehead atoms. The Morgan fingerprint density at radius 2 is 2.00 bits per heavy atom. The fraction of sp³-hybridized carbons (Fsp3) is 0.625. The Hall–Kier alpha value is -0.720. The van der Waals surface area contributed by atoms with E-state index in [1.54, 1.807) is 13.8 Å². The van der Waals surface area contributed by atoms with Gasteiger partial charge in [0.15, 0.2) is 0 Å². The number of phosphoric ester groups is 1. The molecule has 8 heteroatoms. The topological polar surface area (TPSA) is 113 Å². The molecule has 7 nitrogen and oxygen atoms in total. The predicted molar refractivity (Wildman–Crippen MR) is 54.4 cm³/mol. The average molecular weight is 254 g/mol. The first-order chi connectivity index (χ1) is 7.24. The summed E-state index contributed by atoms with van der Waals surface area (Å²) >= 11 is 0. The molecule has 0 fully saturated rings. The van der Waals surface area contributed by atoms with Crippen LogP contribution in [0, 0.1) is 0 Å². The normalized spacial score (nSPS) is 13.1. The van der Waals surface area contributed by atoms with Gasteiger partial charge < -0.3 is 19.6 Å². The molecule has 0 saturated heterocycles. The molecule has 0 aromatic carbocycles. The number of allylic oxidation sites excluding steroid dienone is 1. The minimum atomic E-state index is -4.62. The first-order valence-electron chi connectivity index (χ1n) is 4.41. The highest BCUT2D eigenvalue weighted by atomic mass is 31.2. The van der Waals surface area contributed by atoms with E-state index in [-0.39, 0.29) is 0 Å². The minimum Gasteiger partial charge on any atom is -0.454 e. The number of carbonyl (C=O) groups excluding carboxylic acids is 1. The summed E-state index contributed by atoms with van der Waals surface area (Å²) in [5.74, 6) is -0.701. The Morgan fingerprint density at radius 3 is 2.38 bits per heavy atom. The largest absolute Gasteiger partial charge is 0.469 e. The van der Waals surface area contributed by atoms with Crippen molar-refractivity contribution in [3.8, 4) is 0 Å². The number of hydrogen-bond donors (Lipinski definition) is 3. The van der Waals surface area contributed by atoms with E-state index in [4.69, 9.17) is 14.9 Å². The van der Waals surface area contributed by atoms with Crippen LogP contribution in [-0.4, -0.2) is 40.2 Å². The number of esters is 1. The molecule has 0 aliphatic heterocycles. The van der Waals surface area contributed by atoms with E-state index in [0.29, 0.717) is 5.57 Å². The van der Waals surface area contributed by atoms with Gasteiger partial charge in [0, 0.05) is 6.08 Å². The first-order valence-corrected chi connectivity index (χ1v) is 5.94. The Labute approximate surface area is 92.9 Å². The van der Waals surface area contributed by atoms with Crippen molar-refractivity contribution in [1.82, 2.24) is 0 Å². The van der Waals surface area contributed by atoms with Gasteiger partial charge in [-0.25, -0.2) is 9.36 Å². The SMILES string of the molecule is CC(C)=CC(=O)OC(CO)COP(=O)(O)O. The molecule has 0 spiro atoms. The molecule has 0 saturated carbocycles. The fourth-order valence-electron chi connectivity index (χ4n) is 0.738. The molecule has 0 aliphatic rings. The number of carbonyl (C=O) groups is 1. The summed E-state index contributed by atoms with van der Waals surface area (Å²) < 4.78 is 19.1. The number of aliphatic hydroxyl groups excluding tert-OH is 1. The van der Waals surface area contributed by atoms with Crippen LogP contribution in [0.4, 0.5) is 0 Å². The van der Waals surface area contributed by atoms with Crippen molar-refractivity contribution in [2.24, 2.45) is 0 Å². The average Bonchev–Trinajstić information content (AvgIpc) is 2.09. The molecule has 1 atom stereocenters. The molecule has 0 radical (unpaired) electrons. The van der Waals surface area contributed by atoms with E-state index in [0.717, 1.165) is 0 Å². The van der Waals surface area contributed by atoms with Gasteiger partial charge in [0.25, 0.3) is 0 Å². The van der Waals surface area contributed by atoms with Crippen molar-refractivity contribution in [2.45, 2.75) is 20.0 Å². The van der Waals surface area contributed by atoms with E-state index in [1.165, 1.54) is 6.08 Å². The van der Waals surface area contributed by atoms with Crippen LogP contribution in [-0.2, 0) is 18.6 Å². The summed E-state index contributed by atoms with van der Waals surface area (Å²) in [4.78, 5) is 27.9. The van der Waals surface area contributed by atoms with E-state index in [1.807, 2.05) is 0 Å². The Bertz CT molecular complexity index is 302. The van der Waals surface area contributed by atoms with Crippen LogP contribution in [0.15, 0.2) is 11.6 Å². The quantitative estimate of drug-likeness (QED) is 0.346. The van der Waals surface area contributed by atoms with Crippen molar-refractivity contribution >= 4 is 13.8 Å². The minimum absolute atomic E-state index is 0.566. The van der Waals surface area contributed by atoms with E-state index in [2.05, 4.69) is 9.26 Å². The van der Waals surface area contributed by atoms with E-state index >= 15 is 0 Å². The van der Waals surface area contributed by atoms with Gasteiger partial charge in [0.1, 0.15) is 6.10 Å². The zero-order valence-corrected chi connectivity index (χ0v) is 9.89. The second-order valence-electron chi connectivity index (χ2n) is 3.25. The van der Waals surface area contributed by atoms with Gasteiger partial charge in [-0.2, -0.15) is 0 Å². The molecular weight excluding hydrogens is 239 g/mol. The maximum absolute atomic E-state index is 11.1. The van der Waals surface area contributed by atoms with Crippen LogP contribution in [0.1, 0.15) is 13.8 Å². The molecule has 0 aliphatic carbocycles.